The van der Waals surface area contributed by atoms with Gasteiger partial charge in [-0.05, 0) is 63.9 Å². The summed E-state index contributed by atoms with van der Waals surface area (Å²) < 4.78 is 62.3. The number of hydrogen-bond acceptors (Lipinski definition) is 9. The van der Waals surface area contributed by atoms with E-state index in [-0.39, 0.29) is 29.4 Å². The van der Waals surface area contributed by atoms with Crippen LogP contribution in [0.1, 0.15) is 52.9 Å². The molecule has 1 aliphatic carbocycles. The van der Waals surface area contributed by atoms with Gasteiger partial charge in [-0.15, -0.1) is 0 Å². The summed E-state index contributed by atoms with van der Waals surface area (Å²) in [5, 5.41) is 3.12. The summed E-state index contributed by atoms with van der Waals surface area (Å²) in [7, 11) is 0.139. The maximum Gasteiger partial charge on any atom is 0.217 e. The molecule has 2 aliphatic rings. The molecule has 0 bridgehead atoms. The summed E-state index contributed by atoms with van der Waals surface area (Å²) in [6.07, 6.45) is 3.17. The van der Waals surface area contributed by atoms with Gasteiger partial charge in [0.15, 0.2) is 5.13 Å². The minimum Gasteiger partial charge on any atom is -0.382 e. The van der Waals surface area contributed by atoms with Gasteiger partial charge in [0.1, 0.15) is 27.6 Å². The van der Waals surface area contributed by atoms with E-state index in [4.69, 9.17) is 10.5 Å². The lowest BCUT2D eigenvalue weighted by atomic mass is 9.92. The van der Waals surface area contributed by atoms with E-state index in [2.05, 4.69) is 15.0 Å². The molecule has 1 saturated carbocycles. The maximum atomic E-state index is 14.7. The molecule has 2 heterocycles. The average molecular weight is 544 g/mol. The van der Waals surface area contributed by atoms with E-state index in [9.17, 15) is 22.0 Å². The largest absolute Gasteiger partial charge is 0.382 e. The van der Waals surface area contributed by atoms with Crippen molar-refractivity contribution in [3.63, 3.8) is 0 Å². The Hall–Kier alpha value is -2.19. The number of nitrogen functional groups attached to an aromatic ring is 1. The van der Waals surface area contributed by atoms with Crippen LogP contribution in [-0.4, -0.2) is 68.7 Å². The second kappa shape index (κ2) is 11.1. The number of rotatable bonds is 9. The summed E-state index contributed by atoms with van der Waals surface area (Å²) in [6.45, 7) is 1.02. The van der Waals surface area contributed by atoms with Gasteiger partial charge < -0.3 is 20.7 Å². The SMILES string of the molecule is CN(C)Cc1cc(F)c(C(=O)c2sc(N[C@H]3CC[C@H](NS(=O)(=O)C4CCOC4)CC3)nc2N)c(F)c1. The highest BCUT2D eigenvalue weighted by Crippen LogP contribution is 2.32. The van der Waals surface area contributed by atoms with Crippen molar-refractivity contribution in [2.45, 2.75) is 56.0 Å². The van der Waals surface area contributed by atoms with Gasteiger partial charge in [0.25, 0.3) is 0 Å². The van der Waals surface area contributed by atoms with Crippen LogP contribution in [-0.2, 0) is 21.3 Å². The van der Waals surface area contributed by atoms with Crippen LogP contribution in [0.3, 0.4) is 0 Å². The van der Waals surface area contributed by atoms with E-state index < -0.39 is 38.3 Å². The van der Waals surface area contributed by atoms with Crippen molar-refractivity contribution >= 4 is 38.1 Å². The highest BCUT2D eigenvalue weighted by atomic mass is 32.2. The molecule has 0 spiro atoms. The number of thiazole rings is 1. The van der Waals surface area contributed by atoms with Gasteiger partial charge in [-0.3, -0.25) is 4.79 Å². The molecule has 1 aromatic carbocycles. The molecule has 13 heteroatoms. The van der Waals surface area contributed by atoms with E-state index >= 15 is 0 Å². The third-order valence-corrected chi connectivity index (χ3v) is 9.31. The van der Waals surface area contributed by atoms with Crippen molar-refractivity contribution in [1.82, 2.24) is 14.6 Å². The van der Waals surface area contributed by atoms with Crippen LogP contribution >= 0.6 is 11.3 Å². The Morgan fingerprint density at radius 3 is 2.39 bits per heavy atom. The lowest BCUT2D eigenvalue weighted by Gasteiger charge is -2.30. The van der Waals surface area contributed by atoms with Crippen molar-refractivity contribution in [3.05, 3.63) is 39.8 Å². The third kappa shape index (κ3) is 6.20. The van der Waals surface area contributed by atoms with E-state index in [0.717, 1.165) is 23.5 Å². The lowest BCUT2D eigenvalue weighted by Crippen LogP contribution is -2.44. The van der Waals surface area contributed by atoms with Crippen LogP contribution < -0.4 is 15.8 Å². The second-order valence-corrected chi connectivity index (χ2v) is 12.6. The normalized spacial score (nSPS) is 22.8. The molecule has 4 rings (SSSR count). The number of anilines is 2. The highest BCUT2D eigenvalue weighted by molar-refractivity contribution is 7.90. The predicted molar refractivity (Wildman–Crippen MR) is 135 cm³/mol. The second-order valence-electron chi connectivity index (χ2n) is 9.58. The molecule has 4 N–H and O–H groups in total. The molecule has 36 heavy (non-hydrogen) atoms. The van der Waals surface area contributed by atoms with Gasteiger partial charge in [0.05, 0.1) is 12.2 Å². The van der Waals surface area contributed by atoms with E-state index in [1.807, 2.05) is 0 Å². The molecular weight excluding hydrogens is 512 g/mol. The van der Waals surface area contributed by atoms with Crippen LogP contribution in [0.15, 0.2) is 12.1 Å². The number of ether oxygens (including phenoxy) is 1. The quantitative estimate of drug-likeness (QED) is 0.412. The van der Waals surface area contributed by atoms with Crippen LogP contribution in [0.2, 0.25) is 0 Å². The van der Waals surface area contributed by atoms with Crippen LogP contribution in [0.5, 0.6) is 0 Å². The Balaban J connectivity index is 1.37. The number of halogens is 2. The Morgan fingerprint density at radius 1 is 1.17 bits per heavy atom. The Kier molecular flexibility index (Phi) is 8.25. The number of ketones is 1. The lowest BCUT2D eigenvalue weighted by molar-refractivity contribution is 0.103. The zero-order valence-corrected chi connectivity index (χ0v) is 21.9. The third-order valence-electron chi connectivity index (χ3n) is 6.40. The summed E-state index contributed by atoms with van der Waals surface area (Å²) in [5.74, 6) is -2.82. The van der Waals surface area contributed by atoms with Crippen molar-refractivity contribution in [2.24, 2.45) is 0 Å². The molecule has 1 aliphatic heterocycles. The molecule has 1 saturated heterocycles. The monoisotopic (exact) mass is 543 g/mol. The first-order valence-electron chi connectivity index (χ1n) is 11.8. The van der Waals surface area contributed by atoms with Gasteiger partial charge in [-0.1, -0.05) is 11.3 Å². The topological polar surface area (TPSA) is 127 Å². The standard InChI is InChI=1S/C23H31F2N5O4S2/c1-30(2)11-13-9-17(24)19(18(25)10-13)20(31)21-22(26)28-23(35-21)27-14-3-5-15(6-4-14)29-36(32,33)16-7-8-34-12-16/h9-10,14-16,29H,3-8,11-12,26H2,1-2H3,(H,27,28)/t14-,15-,16?. The Bertz CT molecular complexity index is 1180. The first-order chi connectivity index (χ1) is 17.0. The molecule has 0 radical (unpaired) electrons. The first-order valence-corrected chi connectivity index (χ1v) is 14.2. The maximum absolute atomic E-state index is 14.7. The van der Waals surface area contributed by atoms with Crippen molar-refractivity contribution in [2.75, 3.05) is 38.4 Å². The van der Waals surface area contributed by atoms with Crippen LogP contribution in [0.4, 0.5) is 19.7 Å². The van der Waals surface area contributed by atoms with Crippen molar-refractivity contribution in [1.29, 1.82) is 0 Å². The van der Waals surface area contributed by atoms with Gasteiger partial charge in [0, 0.05) is 25.2 Å². The predicted octanol–water partition coefficient (Wildman–Crippen LogP) is 2.73. The van der Waals surface area contributed by atoms with Crippen molar-refractivity contribution < 1.29 is 26.7 Å². The number of carbonyl (C=O) groups excluding carboxylic acids is 1. The van der Waals surface area contributed by atoms with Gasteiger partial charge in [-0.25, -0.2) is 26.9 Å². The molecule has 0 amide bonds. The van der Waals surface area contributed by atoms with E-state index in [0.29, 0.717) is 56.0 Å². The van der Waals surface area contributed by atoms with Crippen LogP contribution in [0.25, 0.3) is 0 Å². The molecule has 9 nitrogen and oxygen atoms in total. The molecule has 1 unspecified atom stereocenters. The van der Waals surface area contributed by atoms with Gasteiger partial charge >= 0.3 is 0 Å². The molecule has 198 valence electrons. The molecule has 1 atom stereocenters. The summed E-state index contributed by atoms with van der Waals surface area (Å²) >= 11 is 0.952. The summed E-state index contributed by atoms with van der Waals surface area (Å²) in [6, 6.07) is 2.17. The van der Waals surface area contributed by atoms with E-state index in [1.54, 1.807) is 19.0 Å². The highest BCUT2D eigenvalue weighted by Gasteiger charge is 2.33. The summed E-state index contributed by atoms with van der Waals surface area (Å²) in [5.41, 5.74) is 5.70. The van der Waals surface area contributed by atoms with Crippen LogP contribution in [0, 0.1) is 11.6 Å². The zero-order chi connectivity index (χ0) is 26.0. The number of carbonyl (C=O) groups is 1. The van der Waals surface area contributed by atoms with E-state index in [1.165, 1.54) is 0 Å². The minimum absolute atomic E-state index is 0.00728. The number of aromatic nitrogens is 1. The Morgan fingerprint density at radius 2 is 1.81 bits per heavy atom. The number of sulfonamides is 1. The average Bonchev–Trinajstić information content (AvgIpc) is 3.44. The number of hydrogen-bond donors (Lipinski definition) is 3. The Labute approximate surface area is 213 Å². The number of nitrogens with two attached hydrogens (primary N) is 1. The smallest absolute Gasteiger partial charge is 0.217 e. The number of nitrogens with zero attached hydrogens (tertiary/aromatic N) is 2. The zero-order valence-electron chi connectivity index (χ0n) is 20.2. The molecule has 1 aromatic heterocycles. The minimum atomic E-state index is -3.41. The fourth-order valence-corrected chi connectivity index (χ4v) is 7.07. The summed E-state index contributed by atoms with van der Waals surface area (Å²) in [4.78, 5) is 18.9. The van der Waals surface area contributed by atoms with Crippen molar-refractivity contribution in [3.8, 4) is 0 Å². The number of benzene rings is 1. The number of nitrogens with one attached hydrogen (secondary N) is 2. The fourth-order valence-electron chi connectivity index (χ4n) is 4.59. The fraction of sp³-hybridized carbons (Fsp3) is 0.565. The van der Waals surface area contributed by atoms with Gasteiger partial charge in [0.2, 0.25) is 15.8 Å². The van der Waals surface area contributed by atoms with Gasteiger partial charge in [-0.2, -0.15) is 0 Å². The molecular formula is C23H31F2N5O4S2. The molecule has 2 aromatic rings. The molecule has 2 fully saturated rings. The first kappa shape index (κ1) is 26.9.